The van der Waals surface area contributed by atoms with Gasteiger partial charge in [0.05, 0.1) is 6.20 Å². The second kappa shape index (κ2) is 2.83. The van der Waals surface area contributed by atoms with Crippen LogP contribution in [0.25, 0.3) is 10.9 Å². The zero-order valence-electron chi connectivity index (χ0n) is 6.53. The number of rotatable bonds is 1. The van der Waals surface area contributed by atoms with Gasteiger partial charge in [0.2, 0.25) is 0 Å². The first-order valence-electron chi connectivity index (χ1n) is 3.68. The Bertz CT molecular complexity index is 443. The van der Waals surface area contributed by atoms with E-state index in [1.165, 1.54) is 12.3 Å². The lowest BCUT2D eigenvalue weighted by Crippen LogP contribution is -2.30. The number of nitrogens with zero attached hydrogens (tertiary/aromatic N) is 1. The Kier molecular flexibility index (Phi) is 1.79. The van der Waals surface area contributed by atoms with Crippen LogP contribution in [0.3, 0.4) is 0 Å². The summed E-state index contributed by atoms with van der Waals surface area (Å²) in [6.07, 6.45) is 1.35. The summed E-state index contributed by atoms with van der Waals surface area (Å²) in [5, 5.41) is 24.3. The molecule has 1 aromatic carbocycles. The zero-order valence-corrected chi connectivity index (χ0v) is 6.53. The number of aromatic amines is 1. The lowest BCUT2D eigenvalue weighted by atomic mass is 9.78. The van der Waals surface area contributed by atoms with Gasteiger partial charge in [0.25, 0.3) is 0 Å². The molecule has 0 bridgehead atoms. The highest BCUT2D eigenvalue weighted by Crippen LogP contribution is 2.11. The Labute approximate surface area is 73.2 Å². The summed E-state index contributed by atoms with van der Waals surface area (Å²) in [5.41, 5.74) is 0.427. The normalized spacial score (nSPS) is 10.7. The number of aromatic nitrogens is 2. The van der Waals surface area contributed by atoms with Gasteiger partial charge in [-0.05, 0) is 11.5 Å². The Morgan fingerprint density at radius 1 is 1.38 bits per heavy atom. The van der Waals surface area contributed by atoms with E-state index in [2.05, 4.69) is 10.2 Å². The van der Waals surface area contributed by atoms with Crippen molar-refractivity contribution in [1.82, 2.24) is 10.2 Å². The predicted octanol–water partition coefficient (Wildman–Crippen LogP) is -0.618. The molecule has 2 rings (SSSR count). The van der Waals surface area contributed by atoms with Crippen LogP contribution in [-0.4, -0.2) is 27.4 Å². The fraction of sp³-hybridized carbons (Fsp3) is 0. The molecule has 3 N–H and O–H groups in total. The van der Waals surface area contributed by atoms with Crippen molar-refractivity contribution in [3.05, 3.63) is 24.1 Å². The molecular weight excluding hydrogens is 174 g/mol. The van der Waals surface area contributed by atoms with Crippen LogP contribution in [0.4, 0.5) is 4.39 Å². The number of halogens is 1. The number of hydrogen-bond donors (Lipinski definition) is 3. The number of nitrogens with one attached hydrogen (secondary N) is 1. The number of hydrogen-bond acceptors (Lipinski definition) is 3. The highest BCUT2D eigenvalue weighted by molar-refractivity contribution is 6.61. The number of H-pyrrole nitrogens is 1. The van der Waals surface area contributed by atoms with Crippen molar-refractivity contribution >= 4 is 23.5 Å². The minimum atomic E-state index is -1.61. The first-order valence-corrected chi connectivity index (χ1v) is 3.68. The van der Waals surface area contributed by atoms with Gasteiger partial charge in [-0.1, -0.05) is 6.07 Å². The molecule has 4 nitrogen and oxygen atoms in total. The second-order valence-electron chi connectivity index (χ2n) is 2.67. The van der Waals surface area contributed by atoms with E-state index in [1.54, 1.807) is 0 Å². The third-order valence-electron chi connectivity index (χ3n) is 1.88. The molecule has 0 radical (unpaired) electrons. The molecule has 13 heavy (non-hydrogen) atoms. The summed E-state index contributed by atoms with van der Waals surface area (Å²) < 4.78 is 13.0. The van der Waals surface area contributed by atoms with Crippen molar-refractivity contribution in [1.29, 1.82) is 0 Å². The molecule has 0 saturated heterocycles. The minimum absolute atomic E-state index is 0.186. The number of fused-ring (bicyclic) bond motifs is 1. The Morgan fingerprint density at radius 3 is 2.85 bits per heavy atom. The molecule has 0 fully saturated rings. The fourth-order valence-corrected chi connectivity index (χ4v) is 1.25. The Balaban J connectivity index is 2.78. The molecule has 2 aromatic rings. The van der Waals surface area contributed by atoms with Crippen molar-refractivity contribution in [3.8, 4) is 0 Å². The van der Waals surface area contributed by atoms with Gasteiger partial charge in [-0.15, -0.1) is 0 Å². The van der Waals surface area contributed by atoms with Crippen LogP contribution < -0.4 is 5.46 Å². The van der Waals surface area contributed by atoms with Crippen molar-refractivity contribution < 1.29 is 14.4 Å². The number of benzene rings is 1. The highest BCUT2D eigenvalue weighted by atomic mass is 19.1. The van der Waals surface area contributed by atoms with Crippen molar-refractivity contribution in [3.63, 3.8) is 0 Å². The van der Waals surface area contributed by atoms with Gasteiger partial charge in [-0.25, -0.2) is 4.39 Å². The maximum atomic E-state index is 13.0. The third kappa shape index (κ3) is 1.20. The maximum Gasteiger partial charge on any atom is 0.489 e. The van der Waals surface area contributed by atoms with Gasteiger partial charge >= 0.3 is 7.12 Å². The molecular formula is C7H6BFN2O2. The molecule has 6 heteroatoms. The molecule has 0 atom stereocenters. The van der Waals surface area contributed by atoms with Crippen LogP contribution in [0.15, 0.2) is 18.3 Å². The summed E-state index contributed by atoms with van der Waals surface area (Å²) in [7, 11) is -1.61. The van der Waals surface area contributed by atoms with E-state index in [9.17, 15) is 4.39 Å². The van der Waals surface area contributed by atoms with Crippen LogP contribution in [0.5, 0.6) is 0 Å². The van der Waals surface area contributed by atoms with E-state index in [-0.39, 0.29) is 11.0 Å². The molecule has 66 valence electrons. The summed E-state index contributed by atoms with van der Waals surface area (Å²) >= 11 is 0. The smallest absolute Gasteiger partial charge is 0.423 e. The van der Waals surface area contributed by atoms with Crippen LogP contribution in [-0.2, 0) is 0 Å². The topological polar surface area (TPSA) is 69.1 Å². The van der Waals surface area contributed by atoms with Gasteiger partial charge in [0.1, 0.15) is 11.3 Å². The van der Waals surface area contributed by atoms with Crippen LogP contribution >= 0.6 is 0 Å². The molecule has 1 heterocycles. The highest BCUT2D eigenvalue weighted by Gasteiger charge is 2.17. The van der Waals surface area contributed by atoms with Crippen LogP contribution in [0.2, 0.25) is 0 Å². The van der Waals surface area contributed by atoms with Gasteiger partial charge in [-0.2, -0.15) is 5.10 Å². The molecule has 1 aromatic heterocycles. The van der Waals surface area contributed by atoms with E-state index in [1.807, 2.05) is 0 Å². The predicted molar refractivity (Wildman–Crippen MR) is 45.9 cm³/mol. The monoisotopic (exact) mass is 180 g/mol. The van der Waals surface area contributed by atoms with Crippen molar-refractivity contribution in [2.45, 2.75) is 0 Å². The molecule has 0 aliphatic rings. The van der Waals surface area contributed by atoms with Gasteiger partial charge in [-0.3, -0.25) is 5.10 Å². The summed E-state index contributed by atoms with van der Waals surface area (Å²) in [4.78, 5) is 0. The molecule has 0 saturated carbocycles. The Hall–Kier alpha value is -1.40. The van der Waals surface area contributed by atoms with E-state index in [4.69, 9.17) is 10.0 Å². The molecule has 0 amide bonds. The SMILES string of the molecule is OB(O)c1ccc(F)c2[nH]ncc12. The summed E-state index contributed by atoms with van der Waals surface area (Å²) in [6, 6.07) is 2.48. The Morgan fingerprint density at radius 2 is 2.15 bits per heavy atom. The minimum Gasteiger partial charge on any atom is -0.423 e. The van der Waals surface area contributed by atoms with Gasteiger partial charge in [0.15, 0.2) is 0 Å². The summed E-state index contributed by atoms with van der Waals surface area (Å²) in [6.45, 7) is 0. The van der Waals surface area contributed by atoms with E-state index >= 15 is 0 Å². The molecule has 0 aliphatic carbocycles. The first kappa shape index (κ1) is 8.21. The molecule has 0 unspecified atom stereocenters. The first-order chi connectivity index (χ1) is 6.20. The van der Waals surface area contributed by atoms with E-state index in [0.29, 0.717) is 5.39 Å². The van der Waals surface area contributed by atoms with E-state index in [0.717, 1.165) is 6.07 Å². The maximum absolute atomic E-state index is 13.0. The van der Waals surface area contributed by atoms with Gasteiger partial charge in [0, 0.05) is 5.39 Å². The standard InChI is InChI=1S/C7H6BFN2O2/c9-6-2-1-5(8(12)13)4-3-10-11-7(4)6/h1-3,12-13H,(H,10,11). The summed E-state index contributed by atoms with van der Waals surface area (Å²) in [5.74, 6) is -0.461. The lowest BCUT2D eigenvalue weighted by Gasteiger charge is -2.00. The van der Waals surface area contributed by atoms with Crippen LogP contribution in [0, 0.1) is 5.82 Å². The third-order valence-corrected chi connectivity index (χ3v) is 1.88. The zero-order chi connectivity index (χ0) is 9.42. The average molecular weight is 180 g/mol. The lowest BCUT2D eigenvalue weighted by molar-refractivity contribution is 0.426. The largest absolute Gasteiger partial charge is 0.489 e. The fourth-order valence-electron chi connectivity index (χ4n) is 1.25. The average Bonchev–Trinajstić information content (AvgIpc) is 2.53. The van der Waals surface area contributed by atoms with Crippen molar-refractivity contribution in [2.24, 2.45) is 0 Å². The van der Waals surface area contributed by atoms with Gasteiger partial charge < -0.3 is 10.0 Å². The quantitative estimate of drug-likeness (QED) is 0.512. The van der Waals surface area contributed by atoms with Crippen molar-refractivity contribution in [2.75, 3.05) is 0 Å². The second-order valence-corrected chi connectivity index (χ2v) is 2.67. The molecule has 0 aliphatic heterocycles. The van der Waals surface area contributed by atoms with E-state index < -0.39 is 12.9 Å². The van der Waals surface area contributed by atoms with Crippen LogP contribution in [0.1, 0.15) is 0 Å². The molecule has 0 spiro atoms.